The summed E-state index contributed by atoms with van der Waals surface area (Å²) in [5.74, 6) is -0.0962. The maximum atomic E-state index is 12.6. The van der Waals surface area contributed by atoms with Crippen molar-refractivity contribution in [2.75, 3.05) is 26.2 Å². The van der Waals surface area contributed by atoms with Crippen molar-refractivity contribution >= 4 is 11.9 Å². The maximum Gasteiger partial charge on any atom is 0.306 e. The fourth-order valence-corrected chi connectivity index (χ4v) is 5.70. The SMILES string of the molecule is CCCCCCCCC(CCCCCCC)OC(=O)CCCCCN(CCO)CCCCCC(=O)OC(C)CCCCC. The fraction of sp³-hybridized carbons (Fsp3) is 0.946. The van der Waals surface area contributed by atoms with Crippen molar-refractivity contribution in [3.05, 3.63) is 0 Å². The molecular formula is C37H73NO5. The number of hydrogen-bond donors (Lipinski definition) is 1. The normalized spacial score (nSPS) is 12.9. The number of hydrogen-bond acceptors (Lipinski definition) is 6. The Morgan fingerprint density at radius 3 is 1.47 bits per heavy atom. The summed E-state index contributed by atoms with van der Waals surface area (Å²) in [5.41, 5.74) is 0. The monoisotopic (exact) mass is 612 g/mol. The number of carbonyl (C=O) groups is 2. The first-order valence-electron chi connectivity index (χ1n) is 18.7. The van der Waals surface area contributed by atoms with Crippen LogP contribution in [0.2, 0.25) is 0 Å². The molecule has 0 aliphatic carbocycles. The average Bonchev–Trinajstić information content (AvgIpc) is 2.98. The molecule has 0 rings (SSSR count). The van der Waals surface area contributed by atoms with Gasteiger partial charge in [0.2, 0.25) is 0 Å². The Morgan fingerprint density at radius 1 is 0.535 bits per heavy atom. The third-order valence-electron chi connectivity index (χ3n) is 8.48. The van der Waals surface area contributed by atoms with Gasteiger partial charge in [0.1, 0.15) is 6.10 Å². The smallest absolute Gasteiger partial charge is 0.306 e. The lowest BCUT2D eigenvalue weighted by Gasteiger charge is -2.21. The number of rotatable bonds is 33. The summed E-state index contributed by atoms with van der Waals surface area (Å²) in [7, 11) is 0. The number of nitrogens with zero attached hydrogens (tertiary/aromatic N) is 1. The van der Waals surface area contributed by atoms with Crippen molar-refractivity contribution < 1.29 is 24.2 Å². The van der Waals surface area contributed by atoms with Gasteiger partial charge in [0.05, 0.1) is 12.7 Å². The van der Waals surface area contributed by atoms with Gasteiger partial charge in [-0.05, 0) is 84.2 Å². The highest BCUT2D eigenvalue weighted by atomic mass is 16.5. The van der Waals surface area contributed by atoms with E-state index in [4.69, 9.17) is 9.47 Å². The van der Waals surface area contributed by atoms with E-state index in [1.807, 2.05) is 6.92 Å². The molecule has 0 saturated heterocycles. The van der Waals surface area contributed by atoms with Crippen LogP contribution in [0.25, 0.3) is 0 Å². The van der Waals surface area contributed by atoms with E-state index in [0.717, 1.165) is 83.7 Å². The summed E-state index contributed by atoms with van der Waals surface area (Å²) in [5, 5.41) is 9.49. The third kappa shape index (κ3) is 29.3. The fourth-order valence-electron chi connectivity index (χ4n) is 5.70. The zero-order valence-electron chi connectivity index (χ0n) is 29.2. The lowest BCUT2D eigenvalue weighted by molar-refractivity contribution is -0.150. The molecule has 2 unspecified atom stereocenters. The molecule has 0 spiro atoms. The van der Waals surface area contributed by atoms with Crippen molar-refractivity contribution in [2.24, 2.45) is 0 Å². The molecule has 0 aromatic heterocycles. The van der Waals surface area contributed by atoms with Crippen LogP contribution in [0.1, 0.15) is 188 Å². The number of esters is 2. The van der Waals surface area contributed by atoms with Gasteiger partial charge in [0, 0.05) is 19.4 Å². The van der Waals surface area contributed by atoms with Crippen LogP contribution in [0.5, 0.6) is 0 Å². The Balaban J connectivity index is 4.15. The highest BCUT2D eigenvalue weighted by Crippen LogP contribution is 2.18. The molecule has 1 N–H and O–H groups in total. The first-order chi connectivity index (χ1) is 21.0. The molecule has 0 radical (unpaired) electrons. The minimum Gasteiger partial charge on any atom is -0.463 e. The van der Waals surface area contributed by atoms with Gasteiger partial charge in [-0.25, -0.2) is 0 Å². The van der Waals surface area contributed by atoms with Crippen LogP contribution in [0, 0.1) is 0 Å². The second-order valence-electron chi connectivity index (χ2n) is 12.9. The molecule has 0 fully saturated rings. The van der Waals surface area contributed by atoms with Crippen LogP contribution < -0.4 is 0 Å². The molecule has 0 bridgehead atoms. The molecule has 0 aliphatic rings. The van der Waals surface area contributed by atoms with Crippen molar-refractivity contribution in [3.8, 4) is 0 Å². The lowest BCUT2D eigenvalue weighted by Crippen LogP contribution is -2.29. The van der Waals surface area contributed by atoms with E-state index in [1.54, 1.807) is 0 Å². The van der Waals surface area contributed by atoms with E-state index in [9.17, 15) is 14.7 Å². The van der Waals surface area contributed by atoms with E-state index in [1.165, 1.54) is 77.0 Å². The summed E-state index contributed by atoms with van der Waals surface area (Å²) in [4.78, 5) is 27.0. The Kier molecular flexibility index (Phi) is 31.4. The van der Waals surface area contributed by atoms with Gasteiger partial charge in [-0.3, -0.25) is 9.59 Å². The first-order valence-corrected chi connectivity index (χ1v) is 18.7. The van der Waals surface area contributed by atoms with Gasteiger partial charge >= 0.3 is 11.9 Å². The zero-order chi connectivity index (χ0) is 31.8. The number of aliphatic hydroxyl groups is 1. The number of aliphatic hydroxyl groups excluding tert-OH is 1. The van der Waals surface area contributed by atoms with Crippen LogP contribution in [0.3, 0.4) is 0 Å². The van der Waals surface area contributed by atoms with Crippen molar-refractivity contribution in [3.63, 3.8) is 0 Å². The topological polar surface area (TPSA) is 76.1 Å². The highest BCUT2D eigenvalue weighted by molar-refractivity contribution is 5.69. The Morgan fingerprint density at radius 2 is 0.953 bits per heavy atom. The first kappa shape index (κ1) is 41.9. The molecule has 0 heterocycles. The largest absolute Gasteiger partial charge is 0.463 e. The second kappa shape index (κ2) is 32.3. The van der Waals surface area contributed by atoms with Crippen LogP contribution in [-0.2, 0) is 19.1 Å². The van der Waals surface area contributed by atoms with E-state index in [-0.39, 0.29) is 30.8 Å². The van der Waals surface area contributed by atoms with Crippen molar-refractivity contribution in [1.29, 1.82) is 0 Å². The molecule has 6 nitrogen and oxygen atoms in total. The van der Waals surface area contributed by atoms with E-state index >= 15 is 0 Å². The van der Waals surface area contributed by atoms with E-state index in [2.05, 4.69) is 25.7 Å². The zero-order valence-corrected chi connectivity index (χ0v) is 29.2. The van der Waals surface area contributed by atoms with Gasteiger partial charge < -0.3 is 19.5 Å². The molecule has 0 aromatic carbocycles. The van der Waals surface area contributed by atoms with Crippen LogP contribution in [0.15, 0.2) is 0 Å². The standard InChI is InChI=1S/C37H73NO5/c1-5-8-11-13-15-20-27-35(26-19-14-12-9-6-2)43-37(41)29-22-17-24-31-38(32-33-39)30-23-16-21-28-36(40)42-34(4)25-18-10-7-3/h34-35,39H,5-33H2,1-4H3. The number of ether oxygens (including phenoxy) is 2. The molecule has 0 aromatic rings. The Labute approximate surface area is 267 Å². The van der Waals surface area contributed by atoms with Gasteiger partial charge in [-0.1, -0.05) is 104 Å². The summed E-state index contributed by atoms with van der Waals surface area (Å²) in [6, 6.07) is 0. The van der Waals surface area contributed by atoms with Crippen molar-refractivity contribution in [2.45, 2.75) is 200 Å². The molecule has 43 heavy (non-hydrogen) atoms. The lowest BCUT2D eigenvalue weighted by atomic mass is 10.0. The van der Waals surface area contributed by atoms with Crippen LogP contribution in [-0.4, -0.2) is 60.4 Å². The molecule has 6 heteroatoms. The number of carbonyl (C=O) groups excluding carboxylic acids is 2. The summed E-state index contributed by atoms with van der Waals surface area (Å²) >= 11 is 0. The third-order valence-corrected chi connectivity index (χ3v) is 8.48. The molecule has 0 saturated carbocycles. The number of unbranched alkanes of at least 4 members (excludes halogenated alkanes) is 15. The minimum atomic E-state index is -0.0737. The minimum absolute atomic E-state index is 0.0211. The molecule has 2 atom stereocenters. The van der Waals surface area contributed by atoms with Gasteiger partial charge in [-0.15, -0.1) is 0 Å². The Hall–Kier alpha value is -1.14. The van der Waals surface area contributed by atoms with Gasteiger partial charge in [-0.2, -0.15) is 0 Å². The predicted octanol–water partition coefficient (Wildman–Crippen LogP) is 9.94. The second-order valence-corrected chi connectivity index (χ2v) is 12.9. The maximum absolute atomic E-state index is 12.6. The predicted molar refractivity (Wildman–Crippen MR) is 181 cm³/mol. The van der Waals surface area contributed by atoms with Gasteiger partial charge in [0.15, 0.2) is 0 Å². The van der Waals surface area contributed by atoms with Crippen LogP contribution in [0.4, 0.5) is 0 Å². The molecular weight excluding hydrogens is 538 g/mol. The summed E-state index contributed by atoms with van der Waals surface area (Å²) in [6.07, 6.45) is 27.2. The molecule has 256 valence electrons. The average molecular weight is 612 g/mol. The molecule has 0 aliphatic heterocycles. The van der Waals surface area contributed by atoms with Crippen molar-refractivity contribution in [1.82, 2.24) is 4.90 Å². The van der Waals surface area contributed by atoms with E-state index < -0.39 is 0 Å². The molecule has 0 amide bonds. The highest BCUT2D eigenvalue weighted by Gasteiger charge is 2.15. The Bertz CT molecular complexity index is 614. The summed E-state index contributed by atoms with van der Waals surface area (Å²) < 4.78 is 11.5. The van der Waals surface area contributed by atoms with Gasteiger partial charge in [0.25, 0.3) is 0 Å². The van der Waals surface area contributed by atoms with Crippen LogP contribution >= 0.6 is 0 Å². The van der Waals surface area contributed by atoms with E-state index in [0.29, 0.717) is 19.4 Å². The quantitative estimate of drug-likeness (QED) is 0.0588. The summed E-state index contributed by atoms with van der Waals surface area (Å²) in [6.45, 7) is 11.4.